The van der Waals surface area contributed by atoms with E-state index in [1.165, 1.54) is 0 Å². The van der Waals surface area contributed by atoms with Crippen LogP contribution in [-0.4, -0.2) is 5.91 Å². The van der Waals surface area contributed by atoms with E-state index in [1.807, 2.05) is 6.92 Å². The van der Waals surface area contributed by atoms with Crippen molar-refractivity contribution in [2.45, 2.75) is 6.92 Å². The van der Waals surface area contributed by atoms with Crippen molar-refractivity contribution in [1.82, 2.24) is 0 Å². The lowest BCUT2D eigenvalue weighted by atomic mass is 10.1. The molecule has 1 amide bonds. The number of anilines is 2. The molecule has 0 spiro atoms. The van der Waals surface area contributed by atoms with Crippen molar-refractivity contribution in [2.75, 3.05) is 10.7 Å². The number of amides is 1. The van der Waals surface area contributed by atoms with Gasteiger partial charge in [-0.2, -0.15) is 0 Å². The first kappa shape index (κ1) is 14.7. The van der Waals surface area contributed by atoms with E-state index in [4.69, 9.17) is 29.0 Å². The summed E-state index contributed by atoms with van der Waals surface area (Å²) in [7, 11) is 0. The molecule has 20 heavy (non-hydrogen) atoms. The van der Waals surface area contributed by atoms with E-state index in [-0.39, 0.29) is 5.91 Å². The Kier molecular flexibility index (Phi) is 4.49. The van der Waals surface area contributed by atoms with Gasteiger partial charge in [0.1, 0.15) is 0 Å². The van der Waals surface area contributed by atoms with Gasteiger partial charge in [-0.3, -0.25) is 10.6 Å². The lowest BCUT2D eigenvalue weighted by molar-refractivity contribution is 0.102. The van der Waals surface area contributed by atoms with Crippen molar-refractivity contribution < 1.29 is 4.79 Å². The minimum absolute atomic E-state index is 0.240. The molecule has 0 saturated carbocycles. The van der Waals surface area contributed by atoms with E-state index < -0.39 is 0 Å². The van der Waals surface area contributed by atoms with Crippen LogP contribution in [0.2, 0.25) is 10.0 Å². The number of carbonyl (C=O) groups excluding carboxylic acids is 1. The molecule has 0 atom stereocenters. The van der Waals surface area contributed by atoms with E-state index in [0.29, 0.717) is 21.3 Å². The molecule has 4 nitrogen and oxygen atoms in total. The van der Waals surface area contributed by atoms with E-state index in [0.717, 1.165) is 11.3 Å². The second kappa shape index (κ2) is 6.13. The average molecular weight is 310 g/mol. The third-order valence-electron chi connectivity index (χ3n) is 2.82. The number of hydrogen-bond acceptors (Lipinski definition) is 3. The molecule has 104 valence electrons. The van der Waals surface area contributed by atoms with Crippen molar-refractivity contribution in [3.8, 4) is 0 Å². The van der Waals surface area contributed by atoms with Crippen LogP contribution in [0.25, 0.3) is 0 Å². The molecule has 0 heterocycles. The number of rotatable bonds is 3. The molecule has 0 unspecified atom stereocenters. The van der Waals surface area contributed by atoms with Crippen LogP contribution in [0, 0.1) is 6.92 Å². The molecule has 0 radical (unpaired) electrons. The van der Waals surface area contributed by atoms with E-state index in [2.05, 4.69) is 10.7 Å². The van der Waals surface area contributed by atoms with Crippen molar-refractivity contribution in [3.05, 3.63) is 57.6 Å². The van der Waals surface area contributed by atoms with Crippen LogP contribution in [0.5, 0.6) is 0 Å². The number of hydrazine groups is 1. The summed E-state index contributed by atoms with van der Waals surface area (Å²) < 4.78 is 0. The van der Waals surface area contributed by atoms with Crippen LogP contribution in [0.15, 0.2) is 36.4 Å². The van der Waals surface area contributed by atoms with Gasteiger partial charge in [0.2, 0.25) is 0 Å². The van der Waals surface area contributed by atoms with Gasteiger partial charge in [-0.25, -0.2) is 0 Å². The van der Waals surface area contributed by atoms with Crippen molar-refractivity contribution in [2.24, 2.45) is 5.84 Å². The SMILES string of the molecule is Cc1cc(NN)ccc1C(=O)Nc1ccc(Cl)cc1Cl. The van der Waals surface area contributed by atoms with Gasteiger partial charge in [0.25, 0.3) is 5.91 Å². The largest absolute Gasteiger partial charge is 0.324 e. The fraction of sp³-hybridized carbons (Fsp3) is 0.0714. The van der Waals surface area contributed by atoms with Crippen molar-refractivity contribution in [3.63, 3.8) is 0 Å². The number of benzene rings is 2. The molecule has 0 aliphatic carbocycles. The van der Waals surface area contributed by atoms with Crippen LogP contribution in [-0.2, 0) is 0 Å². The molecule has 6 heteroatoms. The highest BCUT2D eigenvalue weighted by atomic mass is 35.5. The Hall–Kier alpha value is -1.75. The summed E-state index contributed by atoms with van der Waals surface area (Å²) in [5.74, 6) is 5.08. The maximum Gasteiger partial charge on any atom is 0.255 e. The Morgan fingerprint density at radius 2 is 1.90 bits per heavy atom. The van der Waals surface area contributed by atoms with Gasteiger partial charge >= 0.3 is 0 Å². The smallest absolute Gasteiger partial charge is 0.255 e. The van der Waals surface area contributed by atoms with Gasteiger partial charge in [-0.05, 0) is 48.9 Å². The average Bonchev–Trinajstić information content (AvgIpc) is 2.41. The topological polar surface area (TPSA) is 67.1 Å². The molecule has 0 aliphatic heterocycles. The summed E-state index contributed by atoms with van der Waals surface area (Å²) in [6.45, 7) is 1.83. The normalized spacial score (nSPS) is 10.2. The maximum atomic E-state index is 12.2. The Labute approximate surface area is 126 Å². The molecular weight excluding hydrogens is 297 g/mol. The molecule has 2 aromatic rings. The predicted molar refractivity (Wildman–Crippen MR) is 83.4 cm³/mol. The second-order valence-corrected chi connectivity index (χ2v) is 5.10. The Morgan fingerprint density at radius 3 is 2.50 bits per heavy atom. The minimum Gasteiger partial charge on any atom is -0.324 e. The lowest BCUT2D eigenvalue weighted by Crippen LogP contribution is -2.14. The summed E-state index contributed by atoms with van der Waals surface area (Å²) in [6, 6.07) is 10.1. The first-order valence-electron chi connectivity index (χ1n) is 5.85. The molecular formula is C14H13Cl2N3O. The van der Waals surface area contributed by atoms with Crippen LogP contribution >= 0.6 is 23.2 Å². The van der Waals surface area contributed by atoms with E-state index in [9.17, 15) is 4.79 Å². The standard InChI is InChI=1S/C14H13Cl2N3O/c1-8-6-10(19-17)3-4-11(8)14(20)18-13-5-2-9(15)7-12(13)16/h2-7,19H,17H2,1H3,(H,18,20). The number of nitrogen functional groups attached to an aromatic ring is 1. The summed E-state index contributed by atoms with van der Waals surface area (Å²) in [5, 5.41) is 3.66. The van der Waals surface area contributed by atoms with Crippen LogP contribution < -0.4 is 16.6 Å². The van der Waals surface area contributed by atoms with Gasteiger partial charge in [0.15, 0.2) is 0 Å². The fourth-order valence-corrected chi connectivity index (χ4v) is 2.24. The third kappa shape index (κ3) is 3.22. The Morgan fingerprint density at radius 1 is 1.15 bits per heavy atom. The number of nitrogens with one attached hydrogen (secondary N) is 2. The minimum atomic E-state index is -0.240. The molecule has 0 bridgehead atoms. The zero-order valence-corrected chi connectivity index (χ0v) is 12.2. The predicted octanol–water partition coefficient (Wildman–Crippen LogP) is 3.84. The monoisotopic (exact) mass is 309 g/mol. The highest BCUT2D eigenvalue weighted by Crippen LogP contribution is 2.26. The highest BCUT2D eigenvalue weighted by Gasteiger charge is 2.11. The number of carbonyl (C=O) groups is 1. The van der Waals surface area contributed by atoms with Gasteiger partial charge in [0.05, 0.1) is 10.7 Å². The zero-order chi connectivity index (χ0) is 14.7. The van der Waals surface area contributed by atoms with Gasteiger partial charge in [-0.1, -0.05) is 23.2 Å². The maximum absolute atomic E-state index is 12.2. The molecule has 0 aliphatic rings. The molecule has 0 aromatic heterocycles. The van der Waals surface area contributed by atoms with E-state index in [1.54, 1.807) is 36.4 Å². The number of halogens is 2. The first-order chi connectivity index (χ1) is 9.51. The van der Waals surface area contributed by atoms with Crippen LogP contribution in [0.3, 0.4) is 0 Å². The Bertz CT molecular complexity index is 659. The number of nitrogens with two attached hydrogens (primary N) is 1. The molecule has 2 rings (SSSR count). The highest BCUT2D eigenvalue weighted by molar-refractivity contribution is 6.36. The van der Waals surface area contributed by atoms with Crippen molar-refractivity contribution >= 4 is 40.5 Å². The van der Waals surface area contributed by atoms with Crippen LogP contribution in [0.1, 0.15) is 15.9 Å². The summed E-state index contributed by atoms with van der Waals surface area (Å²) in [4.78, 5) is 12.2. The molecule has 4 N–H and O–H groups in total. The molecule has 0 fully saturated rings. The van der Waals surface area contributed by atoms with Crippen molar-refractivity contribution in [1.29, 1.82) is 0 Å². The zero-order valence-electron chi connectivity index (χ0n) is 10.7. The van der Waals surface area contributed by atoms with Gasteiger partial charge in [-0.15, -0.1) is 0 Å². The van der Waals surface area contributed by atoms with Gasteiger partial charge in [0, 0.05) is 16.3 Å². The summed E-state index contributed by atoms with van der Waals surface area (Å²) in [5.41, 5.74) is 5.15. The molecule has 0 saturated heterocycles. The quantitative estimate of drug-likeness (QED) is 0.596. The molecule has 2 aromatic carbocycles. The van der Waals surface area contributed by atoms with Gasteiger partial charge < -0.3 is 10.7 Å². The fourth-order valence-electron chi connectivity index (χ4n) is 1.79. The third-order valence-corrected chi connectivity index (χ3v) is 3.36. The number of hydrogen-bond donors (Lipinski definition) is 3. The first-order valence-corrected chi connectivity index (χ1v) is 6.60. The Balaban J connectivity index is 2.24. The lowest BCUT2D eigenvalue weighted by Gasteiger charge is -2.10. The summed E-state index contributed by atoms with van der Waals surface area (Å²) >= 11 is 11.8. The number of aryl methyl sites for hydroxylation is 1. The summed E-state index contributed by atoms with van der Waals surface area (Å²) in [6.07, 6.45) is 0. The van der Waals surface area contributed by atoms with E-state index >= 15 is 0 Å². The second-order valence-electron chi connectivity index (χ2n) is 4.25. The van der Waals surface area contributed by atoms with Crippen LogP contribution in [0.4, 0.5) is 11.4 Å².